The highest BCUT2D eigenvalue weighted by atomic mass is 16.5. The van der Waals surface area contributed by atoms with E-state index >= 15 is 0 Å². The Morgan fingerprint density at radius 3 is 2.45 bits per heavy atom. The fourth-order valence-electron chi connectivity index (χ4n) is 2.34. The van der Waals surface area contributed by atoms with Crippen LogP contribution in [0.3, 0.4) is 0 Å². The van der Waals surface area contributed by atoms with Gasteiger partial charge >= 0.3 is 0 Å². The van der Waals surface area contributed by atoms with Gasteiger partial charge in [-0.05, 0) is 29.9 Å². The minimum Gasteiger partial charge on any atom is -0.381 e. The largest absolute Gasteiger partial charge is 0.381 e. The summed E-state index contributed by atoms with van der Waals surface area (Å²) in [6, 6.07) is 8.34. The van der Waals surface area contributed by atoms with E-state index in [2.05, 4.69) is 43.4 Å². The summed E-state index contributed by atoms with van der Waals surface area (Å²) in [5.41, 5.74) is 7.77. The van der Waals surface area contributed by atoms with Crippen LogP contribution in [0.15, 0.2) is 24.3 Å². The van der Waals surface area contributed by atoms with E-state index in [0.29, 0.717) is 38.5 Å². The average Bonchev–Trinajstić information content (AvgIpc) is 2.46. The summed E-state index contributed by atoms with van der Waals surface area (Å²) in [4.78, 5) is 12.2. The van der Waals surface area contributed by atoms with Gasteiger partial charge in [0.1, 0.15) is 0 Å². The van der Waals surface area contributed by atoms with E-state index in [4.69, 9.17) is 10.5 Å². The fourth-order valence-corrected chi connectivity index (χ4v) is 2.34. The van der Waals surface area contributed by atoms with Crippen LogP contribution in [0.2, 0.25) is 0 Å². The first-order valence-electron chi connectivity index (χ1n) is 7.25. The van der Waals surface area contributed by atoms with Gasteiger partial charge in [0, 0.05) is 19.8 Å². The maximum absolute atomic E-state index is 12.2. The van der Waals surface area contributed by atoms with Crippen LogP contribution < -0.4 is 11.1 Å². The second-order valence-corrected chi connectivity index (χ2v) is 5.85. The molecule has 0 unspecified atom stereocenters. The molecule has 1 aliphatic rings. The van der Waals surface area contributed by atoms with Crippen LogP contribution in [0.1, 0.15) is 43.7 Å². The van der Waals surface area contributed by atoms with Crippen LogP contribution in [0, 0.1) is 0 Å². The van der Waals surface area contributed by atoms with Gasteiger partial charge in [-0.25, -0.2) is 0 Å². The molecular formula is C16H24N2O2. The zero-order chi connectivity index (χ0) is 14.6. The number of carbonyl (C=O) groups excluding carboxylic acids is 1. The maximum Gasteiger partial charge on any atom is 0.240 e. The van der Waals surface area contributed by atoms with Crippen molar-refractivity contribution in [2.75, 3.05) is 13.2 Å². The van der Waals surface area contributed by atoms with E-state index in [9.17, 15) is 4.79 Å². The first-order chi connectivity index (χ1) is 9.51. The molecule has 1 aromatic carbocycles. The Bertz CT molecular complexity index is 448. The number of benzene rings is 1. The second kappa shape index (κ2) is 6.37. The monoisotopic (exact) mass is 276 g/mol. The maximum atomic E-state index is 12.2. The number of nitrogens with one attached hydrogen (secondary N) is 1. The molecule has 0 atom stereocenters. The second-order valence-electron chi connectivity index (χ2n) is 5.85. The molecule has 1 aromatic rings. The van der Waals surface area contributed by atoms with Gasteiger partial charge in [-0.1, -0.05) is 38.1 Å². The summed E-state index contributed by atoms with van der Waals surface area (Å²) < 4.78 is 5.25. The van der Waals surface area contributed by atoms with Crippen LogP contribution in [0.25, 0.3) is 0 Å². The number of amides is 1. The summed E-state index contributed by atoms with van der Waals surface area (Å²) in [5, 5.41) is 2.94. The van der Waals surface area contributed by atoms with Crippen molar-refractivity contribution in [3.05, 3.63) is 35.4 Å². The van der Waals surface area contributed by atoms with E-state index in [1.54, 1.807) is 0 Å². The summed E-state index contributed by atoms with van der Waals surface area (Å²) in [5.74, 6) is 0.446. The van der Waals surface area contributed by atoms with Gasteiger partial charge in [0.05, 0.1) is 5.54 Å². The van der Waals surface area contributed by atoms with Crippen molar-refractivity contribution in [2.24, 2.45) is 5.73 Å². The SMILES string of the molecule is CC(C)c1ccc(CNC(=O)C2(N)CCOCC2)cc1. The molecule has 0 aromatic heterocycles. The predicted octanol–water partition coefficient (Wildman–Crippen LogP) is 1.93. The predicted molar refractivity (Wildman–Crippen MR) is 79.3 cm³/mol. The van der Waals surface area contributed by atoms with Gasteiger partial charge in [0.15, 0.2) is 0 Å². The molecule has 1 fully saturated rings. The summed E-state index contributed by atoms with van der Waals surface area (Å²) in [6.45, 7) is 5.98. The highest BCUT2D eigenvalue weighted by molar-refractivity contribution is 5.86. The number of carbonyl (C=O) groups is 1. The van der Waals surface area contributed by atoms with Crippen molar-refractivity contribution in [1.82, 2.24) is 5.32 Å². The highest BCUT2D eigenvalue weighted by Gasteiger charge is 2.35. The third-order valence-electron chi connectivity index (χ3n) is 3.94. The molecule has 20 heavy (non-hydrogen) atoms. The topological polar surface area (TPSA) is 64.4 Å². The lowest BCUT2D eigenvalue weighted by molar-refractivity contribution is -0.129. The van der Waals surface area contributed by atoms with E-state index in [1.807, 2.05) is 0 Å². The first kappa shape index (κ1) is 15.0. The molecule has 110 valence electrons. The molecule has 1 aliphatic heterocycles. The summed E-state index contributed by atoms with van der Waals surface area (Å²) in [6.07, 6.45) is 1.18. The molecule has 0 spiro atoms. The Morgan fingerprint density at radius 2 is 1.90 bits per heavy atom. The molecule has 3 N–H and O–H groups in total. The van der Waals surface area contributed by atoms with Gasteiger partial charge in [0.2, 0.25) is 5.91 Å². The number of rotatable bonds is 4. The quantitative estimate of drug-likeness (QED) is 0.883. The molecule has 4 heteroatoms. The van der Waals surface area contributed by atoms with Crippen LogP contribution in [0.4, 0.5) is 0 Å². The smallest absolute Gasteiger partial charge is 0.240 e. The molecule has 2 rings (SSSR count). The molecule has 4 nitrogen and oxygen atoms in total. The van der Waals surface area contributed by atoms with Crippen LogP contribution in [0.5, 0.6) is 0 Å². The minimum atomic E-state index is -0.768. The van der Waals surface area contributed by atoms with Gasteiger partial charge < -0.3 is 15.8 Å². The van der Waals surface area contributed by atoms with Crippen molar-refractivity contribution in [1.29, 1.82) is 0 Å². The summed E-state index contributed by atoms with van der Waals surface area (Å²) >= 11 is 0. The van der Waals surface area contributed by atoms with Crippen molar-refractivity contribution in [2.45, 2.75) is 44.7 Å². The standard InChI is InChI=1S/C16H24N2O2/c1-12(2)14-5-3-13(4-6-14)11-18-15(19)16(17)7-9-20-10-8-16/h3-6,12H,7-11,17H2,1-2H3,(H,18,19). The van der Waals surface area contributed by atoms with Crippen molar-refractivity contribution in [3.8, 4) is 0 Å². The molecule has 0 saturated carbocycles. The van der Waals surface area contributed by atoms with Gasteiger partial charge in [-0.2, -0.15) is 0 Å². The molecule has 0 aliphatic carbocycles. The molecule has 0 bridgehead atoms. The number of ether oxygens (including phenoxy) is 1. The number of hydrogen-bond acceptors (Lipinski definition) is 3. The zero-order valence-corrected chi connectivity index (χ0v) is 12.3. The Hall–Kier alpha value is -1.39. The Kier molecular flexibility index (Phi) is 4.78. The normalized spacial score (nSPS) is 18.0. The van der Waals surface area contributed by atoms with Gasteiger partial charge in [0.25, 0.3) is 0 Å². The van der Waals surface area contributed by atoms with E-state index in [1.165, 1.54) is 5.56 Å². The molecule has 0 radical (unpaired) electrons. The van der Waals surface area contributed by atoms with E-state index in [-0.39, 0.29) is 5.91 Å². The summed E-state index contributed by atoms with van der Waals surface area (Å²) in [7, 11) is 0. The van der Waals surface area contributed by atoms with Crippen LogP contribution in [-0.4, -0.2) is 24.7 Å². The third kappa shape index (κ3) is 3.58. The lowest BCUT2D eigenvalue weighted by Crippen LogP contribution is -2.56. The Labute approximate surface area is 120 Å². The van der Waals surface area contributed by atoms with E-state index < -0.39 is 5.54 Å². The van der Waals surface area contributed by atoms with Crippen molar-refractivity contribution in [3.63, 3.8) is 0 Å². The van der Waals surface area contributed by atoms with Crippen molar-refractivity contribution >= 4 is 5.91 Å². The Balaban J connectivity index is 1.89. The Morgan fingerprint density at radius 1 is 1.30 bits per heavy atom. The number of hydrogen-bond donors (Lipinski definition) is 2. The van der Waals surface area contributed by atoms with Crippen LogP contribution in [-0.2, 0) is 16.1 Å². The number of nitrogens with two attached hydrogens (primary N) is 1. The van der Waals surface area contributed by atoms with Gasteiger partial charge in [-0.15, -0.1) is 0 Å². The average molecular weight is 276 g/mol. The highest BCUT2D eigenvalue weighted by Crippen LogP contribution is 2.18. The van der Waals surface area contributed by atoms with E-state index in [0.717, 1.165) is 5.56 Å². The van der Waals surface area contributed by atoms with Gasteiger partial charge in [-0.3, -0.25) is 4.79 Å². The molecule has 1 heterocycles. The van der Waals surface area contributed by atoms with Crippen molar-refractivity contribution < 1.29 is 9.53 Å². The third-order valence-corrected chi connectivity index (χ3v) is 3.94. The lowest BCUT2D eigenvalue weighted by Gasteiger charge is -2.31. The lowest BCUT2D eigenvalue weighted by atomic mass is 9.90. The molecule has 1 saturated heterocycles. The first-order valence-corrected chi connectivity index (χ1v) is 7.25. The zero-order valence-electron chi connectivity index (χ0n) is 12.3. The molecular weight excluding hydrogens is 252 g/mol. The fraction of sp³-hybridized carbons (Fsp3) is 0.562. The molecule has 1 amide bonds. The van der Waals surface area contributed by atoms with Crippen LogP contribution >= 0.6 is 0 Å². The minimum absolute atomic E-state index is 0.0752.